The standard InChI is InChI=1S/C24H27N3O4/c1-16-20-6-4-5-7-22(20)31-23(16)24(28)26-25-17(2)18-8-9-21(29-3)19(14-18)15-27-10-12-30-13-11-27/h4-9,14H,10-13,15H2,1-3H3,(H,26,28)/b25-17-. The van der Waals surface area contributed by atoms with E-state index in [4.69, 9.17) is 13.9 Å². The van der Waals surface area contributed by atoms with Gasteiger partial charge < -0.3 is 13.9 Å². The van der Waals surface area contributed by atoms with E-state index in [9.17, 15) is 4.79 Å². The first kappa shape index (κ1) is 21.1. The maximum Gasteiger partial charge on any atom is 0.307 e. The molecule has 31 heavy (non-hydrogen) atoms. The van der Waals surface area contributed by atoms with Crippen LogP contribution in [0.2, 0.25) is 0 Å². The average molecular weight is 421 g/mol. The van der Waals surface area contributed by atoms with Crippen LogP contribution in [0.4, 0.5) is 0 Å². The van der Waals surface area contributed by atoms with Crippen molar-refractivity contribution in [1.29, 1.82) is 0 Å². The van der Waals surface area contributed by atoms with Crippen molar-refractivity contribution in [1.82, 2.24) is 10.3 Å². The fourth-order valence-electron chi connectivity index (χ4n) is 3.77. The quantitative estimate of drug-likeness (QED) is 0.485. The molecule has 0 spiro atoms. The van der Waals surface area contributed by atoms with Crippen LogP contribution >= 0.6 is 0 Å². The fraction of sp³-hybridized carbons (Fsp3) is 0.333. The van der Waals surface area contributed by atoms with E-state index in [2.05, 4.69) is 21.5 Å². The molecule has 1 saturated heterocycles. The SMILES string of the molecule is COc1ccc(/C(C)=N\NC(=O)c2oc3ccccc3c2C)cc1CN1CCOCC1. The molecule has 2 aromatic carbocycles. The Labute approximate surface area is 181 Å². The van der Waals surface area contributed by atoms with E-state index in [0.29, 0.717) is 11.3 Å². The van der Waals surface area contributed by atoms with Gasteiger partial charge in [-0.15, -0.1) is 0 Å². The maximum absolute atomic E-state index is 12.7. The third kappa shape index (κ3) is 4.62. The van der Waals surface area contributed by atoms with E-state index < -0.39 is 0 Å². The van der Waals surface area contributed by atoms with Gasteiger partial charge in [0.25, 0.3) is 0 Å². The monoisotopic (exact) mass is 421 g/mol. The Balaban J connectivity index is 1.51. The zero-order valence-corrected chi connectivity index (χ0v) is 18.1. The van der Waals surface area contributed by atoms with E-state index in [-0.39, 0.29) is 11.7 Å². The van der Waals surface area contributed by atoms with Crippen LogP contribution in [0.1, 0.15) is 34.2 Å². The van der Waals surface area contributed by atoms with Crippen molar-refractivity contribution in [2.45, 2.75) is 20.4 Å². The van der Waals surface area contributed by atoms with Crippen molar-refractivity contribution < 1.29 is 18.7 Å². The molecule has 0 radical (unpaired) electrons. The Bertz CT molecular complexity index is 1110. The van der Waals surface area contributed by atoms with Crippen LogP contribution in [0.15, 0.2) is 52.0 Å². The number of aryl methyl sites for hydroxylation is 1. The summed E-state index contributed by atoms with van der Waals surface area (Å²) in [5, 5.41) is 5.24. The molecular weight excluding hydrogens is 394 g/mol. The van der Waals surface area contributed by atoms with Crippen LogP contribution in [0.5, 0.6) is 5.75 Å². The molecule has 1 fully saturated rings. The summed E-state index contributed by atoms with van der Waals surface area (Å²) >= 11 is 0. The van der Waals surface area contributed by atoms with Gasteiger partial charge >= 0.3 is 5.91 Å². The number of hydrogen-bond donors (Lipinski definition) is 1. The smallest absolute Gasteiger partial charge is 0.307 e. The molecule has 1 N–H and O–H groups in total. The minimum absolute atomic E-state index is 0.278. The number of rotatable bonds is 6. The number of fused-ring (bicyclic) bond motifs is 1. The number of furan rings is 1. The van der Waals surface area contributed by atoms with Gasteiger partial charge in [-0.05, 0) is 43.7 Å². The molecule has 7 nitrogen and oxygen atoms in total. The first-order valence-electron chi connectivity index (χ1n) is 10.4. The van der Waals surface area contributed by atoms with Gasteiger partial charge in [-0.2, -0.15) is 5.10 Å². The number of ether oxygens (including phenoxy) is 2. The highest BCUT2D eigenvalue weighted by molar-refractivity contribution is 6.02. The maximum atomic E-state index is 12.7. The van der Waals surface area contributed by atoms with E-state index in [1.165, 1.54) is 0 Å². The molecule has 1 amide bonds. The molecule has 0 aliphatic carbocycles. The van der Waals surface area contributed by atoms with Gasteiger partial charge in [0.15, 0.2) is 5.76 Å². The zero-order valence-electron chi connectivity index (χ0n) is 18.1. The van der Waals surface area contributed by atoms with Crippen LogP contribution < -0.4 is 10.2 Å². The molecule has 7 heteroatoms. The van der Waals surface area contributed by atoms with Gasteiger partial charge in [0.1, 0.15) is 11.3 Å². The first-order chi connectivity index (χ1) is 15.1. The molecule has 0 unspecified atom stereocenters. The van der Waals surface area contributed by atoms with Crippen molar-refractivity contribution in [3.63, 3.8) is 0 Å². The number of morpholine rings is 1. The van der Waals surface area contributed by atoms with Gasteiger partial charge in [-0.25, -0.2) is 5.43 Å². The number of hydrazone groups is 1. The summed E-state index contributed by atoms with van der Waals surface area (Å²) in [4.78, 5) is 15.0. The highest BCUT2D eigenvalue weighted by Gasteiger charge is 2.18. The van der Waals surface area contributed by atoms with Crippen molar-refractivity contribution in [2.75, 3.05) is 33.4 Å². The molecule has 4 rings (SSSR count). The topological polar surface area (TPSA) is 76.3 Å². The lowest BCUT2D eigenvalue weighted by molar-refractivity contribution is 0.0339. The average Bonchev–Trinajstić information content (AvgIpc) is 3.14. The van der Waals surface area contributed by atoms with Crippen LogP contribution in [0.3, 0.4) is 0 Å². The summed E-state index contributed by atoms with van der Waals surface area (Å²) in [6.45, 7) is 7.80. The number of amides is 1. The van der Waals surface area contributed by atoms with Gasteiger partial charge in [0.05, 0.1) is 26.0 Å². The largest absolute Gasteiger partial charge is 0.496 e. The third-order valence-electron chi connectivity index (χ3n) is 5.57. The number of carbonyl (C=O) groups excluding carboxylic acids is 1. The summed E-state index contributed by atoms with van der Waals surface area (Å²) < 4.78 is 16.7. The lowest BCUT2D eigenvalue weighted by Crippen LogP contribution is -2.35. The predicted octanol–water partition coefficient (Wildman–Crippen LogP) is 3.74. The molecule has 0 atom stereocenters. The molecule has 1 aliphatic heterocycles. The molecule has 0 saturated carbocycles. The number of para-hydroxylation sites is 1. The van der Waals surface area contributed by atoms with Gasteiger partial charge in [0, 0.05) is 36.1 Å². The lowest BCUT2D eigenvalue weighted by atomic mass is 10.1. The predicted molar refractivity (Wildman–Crippen MR) is 120 cm³/mol. The van der Waals surface area contributed by atoms with Gasteiger partial charge in [0.2, 0.25) is 0 Å². The molecule has 0 bridgehead atoms. The molecule has 3 aromatic rings. The van der Waals surface area contributed by atoms with Crippen LogP contribution in [0.25, 0.3) is 11.0 Å². The Hall–Kier alpha value is -3.16. The number of nitrogens with zero attached hydrogens (tertiary/aromatic N) is 2. The van der Waals surface area contributed by atoms with Crippen molar-refractivity contribution in [3.05, 3.63) is 64.9 Å². The second-order valence-electron chi connectivity index (χ2n) is 7.61. The fourth-order valence-corrected chi connectivity index (χ4v) is 3.77. The van der Waals surface area contributed by atoms with Crippen molar-refractivity contribution >= 4 is 22.6 Å². The van der Waals surface area contributed by atoms with E-state index in [1.807, 2.05) is 50.2 Å². The number of methoxy groups -OCH3 is 1. The lowest BCUT2D eigenvalue weighted by Gasteiger charge is -2.27. The Kier molecular flexibility index (Phi) is 6.34. The highest BCUT2D eigenvalue weighted by Crippen LogP contribution is 2.25. The highest BCUT2D eigenvalue weighted by atomic mass is 16.5. The summed E-state index contributed by atoms with van der Waals surface area (Å²) in [5.41, 5.74) is 6.82. The second-order valence-corrected chi connectivity index (χ2v) is 7.61. The number of carbonyl (C=O) groups is 1. The minimum atomic E-state index is -0.366. The Morgan fingerprint density at radius 2 is 1.97 bits per heavy atom. The molecule has 1 aliphatic rings. The number of benzene rings is 2. The van der Waals surface area contributed by atoms with Crippen LogP contribution in [-0.2, 0) is 11.3 Å². The zero-order chi connectivity index (χ0) is 21.8. The second kappa shape index (κ2) is 9.32. The van der Waals surface area contributed by atoms with Gasteiger partial charge in [-0.1, -0.05) is 18.2 Å². The van der Waals surface area contributed by atoms with E-state index in [1.54, 1.807) is 7.11 Å². The summed E-state index contributed by atoms with van der Waals surface area (Å²) in [6.07, 6.45) is 0. The number of nitrogens with one attached hydrogen (secondary N) is 1. The van der Waals surface area contributed by atoms with E-state index in [0.717, 1.165) is 60.7 Å². The van der Waals surface area contributed by atoms with Crippen molar-refractivity contribution in [3.8, 4) is 5.75 Å². The first-order valence-corrected chi connectivity index (χ1v) is 10.4. The molecular formula is C24H27N3O4. The van der Waals surface area contributed by atoms with Crippen LogP contribution in [0, 0.1) is 6.92 Å². The Morgan fingerprint density at radius 1 is 1.19 bits per heavy atom. The summed E-state index contributed by atoms with van der Waals surface area (Å²) in [5.74, 6) is 0.751. The minimum Gasteiger partial charge on any atom is -0.496 e. The Morgan fingerprint density at radius 3 is 2.71 bits per heavy atom. The summed E-state index contributed by atoms with van der Waals surface area (Å²) in [7, 11) is 1.68. The normalized spacial score (nSPS) is 15.3. The molecule has 1 aromatic heterocycles. The third-order valence-corrected chi connectivity index (χ3v) is 5.57. The van der Waals surface area contributed by atoms with Gasteiger partial charge in [-0.3, -0.25) is 9.69 Å². The van der Waals surface area contributed by atoms with Crippen LogP contribution in [-0.4, -0.2) is 49.9 Å². The number of hydrogen-bond acceptors (Lipinski definition) is 6. The summed E-state index contributed by atoms with van der Waals surface area (Å²) in [6, 6.07) is 13.5. The molecule has 2 heterocycles. The van der Waals surface area contributed by atoms with E-state index >= 15 is 0 Å². The molecule has 162 valence electrons. The van der Waals surface area contributed by atoms with Crippen molar-refractivity contribution in [2.24, 2.45) is 5.10 Å².